The highest BCUT2D eigenvalue weighted by Crippen LogP contribution is 2.18. The molecule has 2 aromatic carbocycles. The second-order valence-electron chi connectivity index (χ2n) is 6.52. The summed E-state index contributed by atoms with van der Waals surface area (Å²) in [7, 11) is 0. The molecule has 0 saturated heterocycles. The summed E-state index contributed by atoms with van der Waals surface area (Å²) in [5.74, 6) is 0.00737. The fourth-order valence-electron chi connectivity index (χ4n) is 2.99. The minimum absolute atomic E-state index is 0.0172. The summed E-state index contributed by atoms with van der Waals surface area (Å²) < 4.78 is 0. The molecule has 3 heteroatoms. The van der Waals surface area contributed by atoms with Crippen molar-refractivity contribution in [3.8, 4) is 0 Å². The lowest BCUT2D eigenvalue weighted by Crippen LogP contribution is -2.42. The monoisotopic (exact) mass is 323 g/mol. The Morgan fingerprint density at radius 3 is 1.96 bits per heavy atom. The van der Waals surface area contributed by atoms with Gasteiger partial charge in [-0.25, -0.2) is 0 Å². The molecule has 0 atom stereocenters. The van der Waals surface area contributed by atoms with Gasteiger partial charge in [0.1, 0.15) is 0 Å². The fraction of sp³-hybridized carbons (Fsp3) is 0.333. The quantitative estimate of drug-likeness (QED) is 0.740. The molecule has 0 aliphatic carbocycles. The topological polar surface area (TPSA) is 37.4 Å². The molecule has 0 bridgehead atoms. The number of rotatable bonds is 6. The molecular formula is C21H25NO2. The highest BCUT2D eigenvalue weighted by Gasteiger charge is 2.24. The molecule has 24 heavy (non-hydrogen) atoms. The summed E-state index contributed by atoms with van der Waals surface area (Å²) in [6, 6.07) is 16.8. The molecule has 0 unspecified atom stereocenters. The van der Waals surface area contributed by atoms with Crippen molar-refractivity contribution < 1.29 is 9.59 Å². The third-order valence-electron chi connectivity index (χ3n) is 4.04. The zero-order chi connectivity index (χ0) is 17.7. The number of Topliss-reactive ketones (excluding diaryl/α,β-unsaturated/α-hetero) is 1. The van der Waals surface area contributed by atoms with Gasteiger partial charge in [0.15, 0.2) is 5.78 Å². The van der Waals surface area contributed by atoms with E-state index in [1.54, 1.807) is 12.1 Å². The number of benzene rings is 2. The molecule has 0 saturated carbocycles. The van der Waals surface area contributed by atoms with Crippen LogP contribution in [-0.4, -0.2) is 28.7 Å². The lowest BCUT2D eigenvalue weighted by molar-refractivity contribution is 0.0643. The maximum atomic E-state index is 13.0. The van der Waals surface area contributed by atoms with Gasteiger partial charge in [-0.3, -0.25) is 9.59 Å². The minimum Gasteiger partial charge on any atom is -0.334 e. The Hall–Kier alpha value is -2.42. The van der Waals surface area contributed by atoms with E-state index in [1.165, 1.54) is 0 Å². The van der Waals surface area contributed by atoms with Crippen molar-refractivity contribution in [3.05, 3.63) is 71.3 Å². The van der Waals surface area contributed by atoms with E-state index >= 15 is 0 Å². The van der Waals surface area contributed by atoms with E-state index in [1.807, 2.05) is 75.1 Å². The maximum absolute atomic E-state index is 13.0. The van der Waals surface area contributed by atoms with E-state index in [0.29, 0.717) is 11.1 Å². The average Bonchev–Trinajstić information content (AvgIpc) is 2.55. The van der Waals surface area contributed by atoms with Crippen LogP contribution in [0.25, 0.3) is 0 Å². The van der Waals surface area contributed by atoms with Crippen molar-refractivity contribution in [2.75, 3.05) is 0 Å². The summed E-state index contributed by atoms with van der Waals surface area (Å²) in [6.07, 6.45) is 0.232. The number of amides is 1. The smallest absolute Gasteiger partial charge is 0.254 e. The van der Waals surface area contributed by atoms with Crippen LogP contribution >= 0.6 is 0 Å². The summed E-state index contributed by atoms with van der Waals surface area (Å²) in [4.78, 5) is 27.3. The van der Waals surface area contributed by atoms with Crippen LogP contribution in [0.1, 0.15) is 54.0 Å². The number of nitrogens with zero attached hydrogens (tertiary/aromatic N) is 1. The lowest BCUT2D eigenvalue weighted by atomic mass is 9.97. The highest BCUT2D eigenvalue weighted by atomic mass is 16.2. The van der Waals surface area contributed by atoms with Crippen LogP contribution in [0, 0.1) is 0 Å². The molecule has 1 amide bonds. The first-order valence-electron chi connectivity index (χ1n) is 8.40. The fourth-order valence-corrected chi connectivity index (χ4v) is 2.99. The predicted octanol–water partition coefficient (Wildman–Crippen LogP) is 4.37. The van der Waals surface area contributed by atoms with Gasteiger partial charge in [-0.15, -0.1) is 0 Å². The van der Waals surface area contributed by atoms with E-state index < -0.39 is 0 Å². The summed E-state index contributed by atoms with van der Waals surface area (Å²) in [5.41, 5.74) is 2.07. The summed E-state index contributed by atoms with van der Waals surface area (Å²) >= 11 is 0. The Morgan fingerprint density at radius 2 is 1.38 bits per heavy atom. The minimum atomic E-state index is -0.0172. The number of carbonyl (C=O) groups excluding carboxylic acids is 2. The Bertz CT molecular complexity index is 697. The van der Waals surface area contributed by atoms with Gasteiger partial charge in [0, 0.05) is 29.6 Å². The summed E-state index contributed by atoms with van der Waals surface area (Å²) in [6.45, 7) is 8.04. The first-order valence-corrected chi connectivity index (χ1v) is 8.40. The van der Waals surface area contributed by atoms with Crippen LogP contribution in [0.4, 0.5) is 0 Å². The van der Waals surface area contributed by atoms with Crippen molar-refractivity contribution in [2.24, 2.45) is 0 Å². The molecular weight excluding hydrogens is 298 g/mol. The Labute approximate surface area is 144 Å². The average molecular weight is 323 g/mol. The largest absolute Gasteiger partial charge is 0.334 e. The molecule has 0 aromatic heterocycles. The number of hydrogen-bond donors (Lipinski definition) is 0. The second kappa shape index (κ2) is 7.91. The van der Waals surface area contributed by atoms with Crippen molar-refractivity contribution in [3.63, 3.8) is 0 Å². The van der Waals surface area contributed by atoms with Crippen LogP contribution in [0.15, 0.2) is 54.6 Å². The zero-order valence-corrected chi connectivity index (χ0v) is 14.8. The van der Waals surface area contributed by atoms with E-state index in [-0.39, 0.29) is 30.2 Å². The molecule has 0 aliphatic rings. The maximum Gasteiger partial charge on any atom is 0.254 e. The molecule has 3 nitrogen and oxygen atoms in total. The van der Waals surface area contributed by atoms with Gasteiger partial charge in [0.05, 0.1) is 0 Å². The van der Waals surface area contributed by atoms with Crippen molar-refractivity contribution in [2.45, 2.75) is 46.2 Å². The van der Waals surface area contributed by atoms with Crippen LogP contribution in [0.2, 0.25) is 0 Å². The highest BCUT2D eigenvalue weighted by molar-refractivity contribution is 6.01. The van der Waals surface area contributed by atoms with E-state index in [2.05, 4.69) is 0 Å². The molecule has 0 N–H and O–H groups in total. The first kappa shape index (κ1) is 17.9. The van der Waals surface area contributed by atoms with Crippen LogP contribution < -0.4 is 0 Å². The third kappa shape index (κ3) is 4.10. The van der Waals surface area contributed by atoms with E-state index in [0.717, 1.165) is 5.56 Å². The van der Waals surface area contributed by atoms with Gasteiger partial charge in [-0.2, -0.15) is 0 Å². The zero-order valence-electron chi connectivity index (χ0n) is 14.8. The van der Waals surface area contributed by atoms with Gasteiger partial charge in [0.25, 0.3) is 5.91 Å². The van der Waals surface area contributed by atoms with E-state index in [4.69, 9.17) is 0 Å². The van der Waals surface area contributed by atoms with Gasteiger partial charge < -0.3 is 4.90 Å². The number of ketones is 1. The predicted molar refractivity (Wildman–Crippen MR) is 97.4 cm³/mol. The molecule has 0 heterocycles. The molecule has 0 aliphatic heterocycles. The van der Waals surface area contributed by atoms with Crippen molar-refractivity contribution >= 4 is 11.7 Å². The normalized spacial score (nSPS) is 10.9. The first-order chi connectivity index (χ1) is 11.4. The Balaban J connectivity index is 2.30. The van der Waals surface area contributed by atoms with Gasteiger partial charge in [-0.05, 0) is 39.3 Å². The van der Waals surface area contributed by atoms with Gasteiger partial charge in [0.2, 0.25) is 0 Å². The Kier molecular flexibility index (Phi) is 5.91. The summed E-state index contributed by atoms with van der Waals surface area (Å²) in [5, 5.41) is 0. The lowest BCUT2D eigenvalue weighted by Gasteiger charge is -2.31. The van der Waals surface area contributed by atoms with Gasteiger partial charge >= 0.3 is 0 Å². The molecule has 126 valence electrons. The van der Waals surface area contributed by atoms with Crippen LogP contribution in [0.3, 0.4) is 0 Å². The third-order valence-corrected chi connectivity index (χ3v) is 4.04. The molecule has 2 rings (SSSR count). The van der Waals surface area contributed by atoms with Crippen LogP contribution in [0.5, 0.6) is 0 Å². The number of hydrogen-bond acceptors (Lipinski definition) is 2. The molecule has 0 fully saturated rings. The number of carbonyl (C=O) groups is 2. The Morgan fingerprint density at radius 1 is 0.833 bits per heavy atom. The molecule has 0 radical (unpaired) electrons. The van der Waals surface area contributed by atoms with Crippen LogP contribution in [-0.2, 0) is 6.42 Å². The molecule has 2 aromatic rings. The molecule has 0 spiro atoms. The van der Waals surface area contributed by atoms with Crippen molar-refractivity contribution in [1.29, 1.82) is 0 Å². The van der Waals surface area contributed by atoms with E-state index in [9.17, 15) is 9.59 Å². The standard InChI is InChI=1S/C21H25NO2/c1-15(2)22(16(3)4)21(24)19-13-9-8-12-18(19)14-20(23)17-10-6-5-7-11-17/h5-13,15-16H,14H2,1-4H3. The second-order valence-corrected chi connectivity index (χ2v) is 6.52. The SMILES string of the molecule is CC(C)N(C(=O)c1ccccc1CC(=O)c1ccccc1)C(C)C. The van der Waals surface area contributed by atoms with Gasteiger partial charge in [-0.1, -0.05) is 48.5 Å². The van der Waals surface area contributed by atoms with Crippen molar-refractivity contribution in [1.82, 2.24) is 4.90 Å².